The summed E-state index contributed by atoms with van der Waals surface area (Å²) < 4.78 is 34.8. The fourth-order valence-corrected chi connectivity index (χ4v) is 6.57. The molecular formula is C25H27N3O4S. The molecule has 0 aromatic heterocycles. The van der Waals surface area contributed by atoms with Crippen LogP contribution in [0.3, 0.4) is 0 Å². The van der Waals surface area contributed by atoms with Crippen LogP contribution in [0.5, 0.6) is 5.75 Å². The number of carbonyl (C=O) groups is 1. The van der Waals surface area contributed by atoms with Crippen LogP contribution in [0.1, 0.15) is 17.9 Å². The highest BCUT2D eigenvalue weighted by molar-refractivity contribution is 7.93. The first-order valence-electron chi connectivity index (χ1n) is 11.2. The minimum absolute atomic E-state index is 0.0107. The van der Waals surface area contributed by atoms with Crippen LogP contribution in [0.2, 0.25) is 0 Å². The minimum Gasteiger partial charge on any atom is -0.496 e. The molecular weight excluding hydrogens is 438 g/mol. The van der Waals surface area contributed by atoms with Gasteiger partial charge in [0.25, 0.3) is 10.0 Å². The lowest BCUT2D eigenvalue weighted by Crippen LogP contribution is -2.40. The van der Waals surface area contributed by atoms with E-state index in [2.05, 4.69) is 5.32 Å². The van der Waals surface area contributed by atoms with E-state index in [1.165, 1.54) is 4.31 Å². The molecule has 1 fully saturated rings. The second kappa shape index (κ2) is 8.68. The molecule has 5 rings (SSSR count). The number of rotatable bonds is 4. The number of carbonyl (C=O) groups excluding carboxylic acids is 1. The van der Waals surface area contributed by atoms with E-state index in [0.29, 0.717) is 29.9 Å². The van der Waals surface area contributed by atoms with Crippen molar-refractivity contribution in [3.63, 3.8) is 0 Å². The van der Waals surface area contributed by atoms with Gasteiger partial charge in [-0.05, 0) is 36.7 Å². The molecule has 0 bridgehead atoms. The normalized spacial score (nSPS) is 18.8. The standard InChI is InChI=1S/C25H27N3O4S/c1-32-23-11-12-24(20-9-3-2-8-19(20)23)33(30,31)28-17-21(18-7-4-5-10-22(18)28)25(29)27-15-6-13-26-14-16-27/h2-5,7-12,21,26H,6,13-17H2,1H3/t21-/m0/s1. The first kappa shape index (κ1) is 21.7. The molecule has 0 unspecified atom stereocenters. The summed E-state index contributed by atoms with van der Waals surface area (Å²) in [7, 11) is -2.34. The number of anilines is 1. The Labute approximate surface area is 194 Å². The summed E-state index contributed by atoms with van der Waals surface area (Å²) in [6.45, 7) is 3.05. The van der Waals surface area contributed by atoms with Crippen molar-refractivity contribution in [1.82, 2.24) is 10.2 Å². The number of fused-ring (bicyclic) bond motifs is 2. The highest BCUT2D eigenvalue weighted by Gasteiger charge is 2.41. The summed E-state index contributed by atoms with van der Waals surface area (Å²) in [5.41, 5.74) is 1.34. The smallest absolute Gasteiger partial charge is 0.264 e. The molecule has 8 heteroatoms. The number of methoxy groups -OCH3 is 1. The van der Waals surface area contributed by atoms with E-state index in [1.807, 2.05) is 41.3 Å². The summed E-state index contributed by atoms with van der Waals surface area (Å²) in [6.07, 6.45) is 0.889. The Hall–Kier alpha value is -3.10. The van der Waals surface area contributed by atoms with Gasteiger partial charge in [-0.3, -0.25) is 9.10 Å². The van der Waals surface area contributed by atoms with Crippen LogP contribution in [0.25, 0.3) is 10.8 Å². The quantitative estimate of drug-likeness (QED) is 0.641. The number of nitrogens with one attached hydrogen (secondary N) is 1. The summed E-state index contributed by atoms with van der Waals surface area (Å²) in [5, 5.41) is 4.65. The van der Waals surface area contributed by atoms with Crippen molar-refractivity contribution in [2.24, 2.45) is 0 Å². The van der Waals surface area contributed by atoms with E-state index in [4.69, 9.17) is 4.74 Å². The van der Waals surface area contributed by atoms with Crippen molar-refractivity contribution >= 4 is 32.4 Å². The number of sulfonamides is 1. The van der Waals surface area contributed by atoms with Gasteiger partial charge in [-0.1, -0.05) is 42.5 Å². The molecule has 1 N–H and O–H groups in total. The predicted molar refractivity (Wildman–Crippen MR) is 128 cm³/mol. The molecule has 3 aromatic rings. The topological polar surface area (TPSA) is 79.0 Å². The highest BCUT2D eigenvalue weighted by Crippen LogP contribution is 2.42. The Morgan fingerprint density at radius 1 is 0.970 bits per heavy atom. The Balaban J connectivity index is 1.56. The molecule has 172 valence electrons. The predicted octanol–water partition coefficient (Wildman–Crippen LogP) is 2.96. The van der Waals surface area contributed by atoms with Crippen molar-refractivity contribution in [1.29, 1.82) is 0 Å². The molecule has 7 nitrogen and oxygen atoms in total. The first-order chi connectivity index (χ1) is 16.0. The van der Waals surface area contributed by atoms with E-state index in [1.54, 1.807) is 31.4 Å². The number of hydrogen-bond acceptors (Lipinski definition) is 5. The van der Waals surface area contributed by atoms with Gasteiger partial charge in [0, 0.05) is 30.4 Å². The number of benzene rings is 3. The Bertz CT molecular complexity index is 1300. The van der Waals surface area contributed by atoms with Gasteiger partial charge in [0.1, 0.15) is 5.75 Å². The largest absolute Gasteiger partial charge is 0.496 e. The molecule has 3 aromatic carbocycles. The van der Waals surface area contributed by atoms with Crippen LogP contribution in [0, 0.1) is 0 Å². The first-order valence-corrected chi connectivity index (χ1v) is 12.6. The SMILES string of the molecule is COc1ccc(S(=O)(=O)N2C[C@H](C(=O)N3CCCNCC3)c3ccccc32)c2ccccc12. The minimum atomic E-state index is -3.91. The Morgan fingerprint density at radius 2 is 1.73 bits per heavy atom. The fourth-order valence-electron chi connectivity index (χ4n) is 4.86. The fraction of sp³-hybridized carbons (Fsp3) is 0.320. The number of para-hydroxylation sites is 1. The van der Waals surface area contributed by atoms with Gasteiger partial charge < -0.3 is 15.0 Å². The zero-order valence-electron chi connectivity index (χ0n) is 18.5. The highest BCUT2D eigenvalue weighted by atomic mass is 32.2. The van der Waals surface area contributed by atoms with Gasteiger partial charge in [0.2, 0.25) is 5.91 Å². The second-order valence-electron chi connectivity index (χ2n) is 8.39. The average Bonchev–Trinajstić information content (AvgIpc) is 3.03. The van der Waals surface area contributed by atoms with Gasteiger partial charge in [-0.25, -0.2) is 8.42 Å². The van der Waals surface area contributed by atoms with E-state index >= 15 is 0 Å². The summed E-state index contributed by atoms with van der Waals surface area (Å²) in [4.78, 5) is 15.6. The average molecular weight is 466 g/mol. The summed E-state index contributed by atoms with van der Waals surface area (Å²) in [5.74, 6) is 0.0937. The van der Waals surface area contributed by atoms with Crippen LogP contribution in [0.4, 0.5) is 5.69 Å². The third-order valence-corrected chi connectivity index (χ3v) is 8.35. The van der Waals surface area contributed by atoms with E-state index in [9.17, 15) is 13.2 Å². The zero-order chi connectivity index (χ0) is 23.0. The van der Waals surface area contributed by atoms with Crippen LogP contribution in [-0.2, 0) is 14.8 Å². The van der Waals surface area contributed by atoms with Gasteiger partial charge >= 0.3 is 0 Å². The molecule has 1 amide bonds. The zero-order valence-corrected chi connectivity index (χ0v) is 19.3. The number of amides is 1. The van der Waals surface area contributed by atoms with E-state index < -0.39 is 15.9 Å². The lowest BCUT2D eigenvalue weighted by Gasteiger charge is -2.25. The van der Waals surface area contributed by atoms with Gasteiger partial charge in [0.15, 0.2) is 0 Å². The molecule has 2 aliphatic heterocycles. The molecule has 0 radical (unpaired) electrons. The summed E-state index contributed by atoms with van der Waals surface area (Å²) in [6, 6.07) is 17.9. The van der Waals surface area contributed by atoms with E-state index in [-0.39, 0.29) is 17.3 Å². The maximum absolute atomic E-state index is 14.0. The molecule has 1 saturated heterocycles. The van der Waals surface area contributed by atoms with Crippen molar-refractivity contribution in [3.8, 4) is 5.75 Å². The molecule has 1 atom stereocenters. The lowest BCUT2D eigenvalue weighted by molar-refractivity contribution is -0.132. The van der Waals surface area contributed by atoms with Crippen molar-refractivity contribution in [2.45, 2.75) is 17.2 Å². The molecule has 2 heterocycles. The number of nitrogens with zero attached hydrogens (tertiary/aromatic N) is 2. The van der Waals surface area contributed by atoms with Gasteiger partial charge in [-0.2, -0.15) is 0 Å². The number of hydrogen-bond donors (Lipinski definition) is 1. The second-order valence-corrected chi connectivity index (χ2v) is 10.2. The maximum atomic E-state index is 14.0. The molecule has 0 aliphatic carbocycles. The molecule has 0 spiro atoms. The Kier molecular flexibility index (Phi) is 5.72. The molecule has 2 aliphatic rings. The van der Waals surface area contributed by atoms with Crippen LogP contribution in [-0.4, -0.2) is 59.1 Å². The monoisotopic (exact) mass is 465 g/mol. The molecule has 0 saturated carbocycles. The van der Waals surface area contributed by atoms with Gasteiger partial charge in [0.05, 0.1) is 30.2 Å². The van der Waals surface area contributed by atoms with Crippen LogP contribution >= 0.6 is 0 Å². The van der Waals surface area contributed by atoms with E-state index in [0.717, 1.165) is 30.5 Å². The summed E-state index contributed by atoms with van der Waals surface area (Å²) >= 11 is 0. The lowest BCUT2D eigenvalue weighted by atomic mass is 10.00. The van der Waals surface area contributed by atoms with Crippen LogP contribution < -0.4 is 14.4 Å². The van der Waals surface area contributed by atoms with Crippen molar-refractivity contribution in [3.05, 3.63) is 66.2 Å². The third-order valence-electron chi connectivity index (χ3n) is 6.51. The Morgan fingerprint density at radius 3 is 2.55 bits per heavy atom. The maximum Gasteiger partial charge on any atom is 0.264 e. The van der Waals surface area contributed by atoms with Crippen molar-refractivity contribution in [2.75, 3.05) is 44.1 Å². The third kappa shape index (κ3) is 3.73. The number of ether oxygens (including phenoxy) is 1. The van der Waals surface area contributed by atoms with Crippen molar-refractivity contribution < 1.29 is 17.9 Å². The molecule has 33 heavy (non-hydrogen) atoms. The van der Waals surface area contributed by atoms with Gasteiger partial charge in [-0.15, -0.1) is 0 Å². The van der Waals surface area contributed by atoms with Crippen LogP contribution in [0.15, 0.2) is 65.6 Å².